The first kappa shape index (κ1) is 15.4. The molecule has 3 unspecified atom stereocenters. The molecule has 0 aromatic rings. The van der Waals surface area contributed by atoms with Crippen molar-refractivity contribution in [1.82, 2.24) is 10.2 Å². The Kier molecular flexibility index (Phi) is 6.65. The van der Waals surface area contributed by atoms with Crippen molar-refractivity contribution in [2.75, 3.05) is 19.7 Å². The van der Waals surface area contributed by atoms with Crippen LogP contribution in [0.15, 0.2) is 0 Å². The number of nitrogens with zero attached hydrogens (tertiary/aromatic N) is 1. The molecule has 1 saturated heterocycles. The van der Waals surface area contributed by atoms with Crippen LogP contribution in [0.5, 0.6) is 0 Å². The van der Waals surface area contributed by atoms with Crippen molar-refractivity contribution >= 4 is 5.91 Å². The fraction of sp³-hybridized carbons (Fsp3) is 0.929. The Hall–Kier alpha value is -0.610. The molecule has 3 atom stereocenters. The molecule has 0 spiro atoms. The maximum atomic E-state index is 12.1. The second-order valence-electron chi connectivity index (χ2n) is 5.54. The van der Waals surface area contributed by atoms with Crippen molar-refractivity contribution in [1.29, 1.82) is 0 Å². The van der Waals surface area contributed by atoms with Gasteiger partial charge in [-0.25, -0.2) is 0 Å². The van der Waals surface area contributed by atoms with Gasteiger partial charge < -0.3 is 10.4 Å². The van der Waals surface area contributed by atoms with E-state index in [1.807, 2.05) is 6.92 Å². The average Bonchev–Trinajstić information content (AvgIpc) is 2.77. The number of hydrogen-bond donors (Lipinski definition) is 2. The normalized spacial score (nSPS) is 23.9. The van der Waals surface area contributed by atoms with Crippen LogP contribution in [-0.2, 0) is 4.79 Å². The largest absolute Gasteiger partial charge is 0.396 e. The smallest absolute Gasteiger partial charge is 0.237 e. The molecular formula is C14H28N2O2. The van der Waals surface area contributed by atoms with Crippen molar-refractivity contribution < 1.29 is 9.90 Å². The number of hydrogen-bond acceptors (Lipinski definition) is 3. The topological polar surface area (TPSA) is 52.6 Å². The van der Waals surface area contributed by atoms with Crippen LogP contribution in [-0.4, -0.2) is 47.7 Å². The van der Waals surface area contributed by atoms with Gasteiger partial charge in [-0.2, -0.15) is 0 Å². The quantitative estimate of drug-likeness (QED) is 0.723. The number of likely N-dealkylation sites (tertiary alicyclic amines) is 1. The van der Waals surface area contributed by atoms with Crippen LogP contribution in [0.2, 0.25) is 0 Å². The molecule has 4 heteroatoms. The molecule has 2 N–H and O–H groups in total. The first-order valence-corrected chi connectivity index (χ1v) is 7.23. The molecule has 18 heavy (non-hydrogen) atoms. The molecule has 0 aromatic heterocycles. The number of aliphatic hydroxyl groups is 1. The summed E-state index contributed by atoms with van der Waals surface area (Å²) < 4.78 is 0. The predicted octanol–water partition coefficient (Wildman–Crippen LogP) is 1.38. The fourth-order valence-corrected chi connectivity index (χ4v) is 2.67. The van der Waals surface area contributed by atoms with Gasteiger partial charge in [0.25, 0.3) is 0 Å². The predicted molar refractivity (Wildman–Crippen MR) is 73.4 cm³/mol. The second-order valence-corrected chi connectivity index (χ2v) is 5.54. The van der Waals surface area contributed by atoms with Gasteiger partial charge >= 0.3 is 0 Å². The first-order chi connectivity index (χ1) is 8.58. The van der Waals surface area contributed by atoms with E-state index < -0.39 is 0 Å². The molecule has 1 aliphatic heterocycles. The summed E-state index contributed by atoms with van der Waals surface area (Å²) in [5.74, 6) is 0.693. The molecule has 1 rings (SSSR count). The molecule has 106 valence electrons. The van der Waals surface area contributed by atoms with Crippen LogP contribution in [0.3, 0.4) is 0 Å². The summed E-state index contributed by atoms with van der Waals surface area (Å²) in [7, 11) is 0. The summed E-state index contributed by atoms with van der Waals surface area (Å²) in [5.41, 5.74) is 0. The number of carbonyl (C=O) groups excluding carboxylic acids is 1. The van der Waals surface area contributed by atoms with Crippen molar-refractivity contribution in [3.63, 3.8) is 0 Å². The van der Waals surface area contributed by atoms with Gasteiger partial charge in [0.1, 0.15) is 0 Å². The molecule has 1 fully saturated rings. The lowest BCUT2D eigenvalue weighted by Gasteiger charge is -2.25. The highest BCUT2D eigenvalue weighted by molar-refractivity contribution is 5.81. The molecule has 1 amide bonds. The summed E-state index contributed by atoms with van der Waals surface area (Å²) in [6, 6.07) is 0.216. The van der Waals surface area contributed by atoms with Crippen LogP contribution >= 0.6 is 0 Å². The van der Waals surface area contributed by atoms with E-state index in [1.54, 1.807) is 0 Å². The average molecular weight is 256 g/mol. The third kappa shape index (κ3) is 4.58. The zero-order chi connectivity index (χ0) is 13.5. The van der Waals surface area contributed by atoms with Gasteiger partial charge in [0.05, 0.1) is 6.04 Å². The third-order valence-electron chi connectivity index (χ3n) is 3.89. The minimum absolute atomic E-state index is 0.0481. The van der Waals surface area contributed by atoms with E-state index in [-0.39, 0.29) is 24.6 Å². The highest BCUT2D eigenvalue weighted by Gasteiger charge is 2.29. The number of amides is 1. The lowest BCUT2D eigenvalue weighted by atomic mass is 10.1. The molecular weight excluding hydrogens is 228 g/mol. The Morgan fingerprint density at radius 1 is 1.50 bits per heavy atom. The zero-order valence-corrected chi connectivity index (χ0v) is 12.0. The molecule has 0 aromatic carbocycles. The van der Waals surface area contributed by atoms with Crippen LogP contribution in [0.1, 0.15) is 46.5 Å². The minimum atomic E-state index is -0.0481. The van der Waals surface area contributed by atoms with Gasteiger partial charge in [0.15, 0.2) is 0 Å². The Morgan fingerprint density at radius 2 is 2.22 bits per heavy atom. The Bertz CT molecular complexity index is 258. The van der Waals surface area contributed by atoms with Crippen LogP contribution in [0, 0.1) is 5.92 Å². The Balaban J connectivity index is 2.35. The lowest BCUT2D eigenvalue weighted by Crippen LogP contribution is -2.46. The third-order valence-corrected chi connectivity index (χ3v) is 3.89. The Morgan fingerprint density at radius 3 is 2.83 bits per heavy atom. The summed E-state index contributed by atoms with van der Waals surface area (Å²) in [5, 5.41) is 12.0. The SMILES string of the molecule is CCCC(C)NC(=O)C(C)N1CCC(CCO)C1. The van der Waals surface area contributed by atoms with E-state index in [9.17, 15) is 4.79 Å². The van der Waals surface area contributed by atoms with Gasteiger partial charge in [-0.15, -0.1) is 0 Å². The molecule has 1 aliphatic rings. The fourth-order valence-electron chi connectivity index (χ4n) is 2.67. The van der Waals surface area contributed by atoms with E-state index >= 15 is 0 Å². The highest BCUT2D eigenvalue weighted by Crippen LogP contribution is 2.21. The highest BCUT2D eigenvalue weighted by atomic mass is 16.3. The van der Waals surface area contributed by atoms with Crippen LogP contribution in [0.25, 0.3) is 0 Å². The lowest BCUT2D eigenvalue weighted by molar-refractivity contribution is -0.126. The van der Waals surface area contributed by atoms with Gasteiger partial charge in [-0.1, -0.05) is 13.3 Å². The molecule has 0 bridgehead atoms. The van der Waals surface area contributed by atoms with Crippen LogP contribution < -0.4 is 5.32 Å². The summed E-state index contributed by atoms with van der Waals surface area (Å²) in [6.07, 6.45) is 4.09. The maximum absolute atomic E-state index is 12.1. The van der Waals surface area contributed by atoms with Crippen molar-refractivity contribution in [2.24, 2.45) is 5.92 Å². The monoisotopic (exact) mass is 256 g/mol. The van der Waals surface area contributed by atoms with Gasteiger partial charge in [0.2, 0.25) is 5.91 Å². The van der Waals surface area contributed by atoms with E-state index in [4.69, 9.17) is 5.11 Å². The summed E-state index contributed by atoms with van der Waals surface area (Å²) in [4.78, 5) is 14.3. The van der Waals surface area contributed by atoms with E-state index in [0.717, 1.165) is 38.8 Å². The van der Waals surface area contributed by atoms with E-state index in [2.05, 4.69) is 24.1 Å². The first-order valence-electron chi connectivity index (χ1n) is 7.23. The minimum Gasteiger partial charge on any atom is -0.396 e. The molecule has 0 aliphatic carbocycles. The second kappa shape index (κ2) is 7.74. The van der Waals surface area contributed by atoms with Gasteiger partial charge in [-0.05, 0) is 45.6 Å². The Labute approximate surface area is 111 Å². The number of rotatable bonds is 7. The molecule has 1 heterocycles. The number of aliphatic hydroxyl groups excluding tert-OH is 1. The molecule has 0 saturated carbocycles. The van der Waals surface area contributed by atoms with Crippen molar-refractivity contribution in [3.8, 4) is 0 Å². The maximum Gasteiger partial charge on any atom is 0.237 e. The van der Waals surface area contributed by atoms with Crippen molar-refractivity contribution in [2.45, 2.75) is 58.5 Å². The summed E-state index contributed by atoms with van der Waals surface area (Å²) >= 11 is 0. The zero-order valence-electron chi connectivity index (χ0n) is 12.0. The van der Waals surface area contributed by atoms with E-state index in [1.165, 1.54) is 0 Å². The van der Waals surface area contributed by atoms with Crippen molar-refractivity contribution in [3.05, 3.63) is 0 Å². The molecule has 0 radical (unpaired) electrons. The van der Waals surface area contributed by atoms with Crippen LogP contribution in [0.4, 0.5) is 0 Å². The standard InChI is InChI=1S/C14H28N2O2/c1-4-5-11(2)15-14(18)12(3)16-8-6-13(10-16)7-9-17/h11-13,17H,4-10H2,1-3H3,(H,15,18). The number of nitrogens with one attached hydrogen (secondary N) is 1. The van der Waals surface area contributed by atoms with Gasteiger partial charge in [-0.3, -0.25) is 9.69 Å². The van der Waals surface area contributed by atoms with E-state index in [0.29, 0.717) is 5.92 Å². The number of carbonyl (C=O) groups is 1. The van der Waals surface area contributed by atoms with Gasteiger partial charge in [0, 0.05) is 19.2 Å². The molecule has 4 nitrogen and oxygen atoms in total. The summed E-state index contributed by atoms with van der Waals surface area (Å²) in [6.45, 7) is 8.35.